The van der Waals surface area contributed by atoms with E-state index in [0.717, 1.165) is 37.1 Å². The zero-order chi connectivity index (χ0) is 18.1. The Balaban J connectivity index is 1.43. The molecule has 136 valence electrons. The number of rotatable bonds is 3. The van der Waals surface area contributed by atoms with Gasteiger partial charge in [0.1, 0.15) is 11.4 Å². The van der Waals surface area contributed by atoms with Gasteiger partial charge in [0.2, 0.25) is 5.91 Å². The molecule has 0 aromatic heterocycles. The second-order valence-corrected chi connectivity index (χ2v) is 7.14. The number of amides is 1. The number of nitrogens with zero attached hydrogens (tertiary/aromatic N) is 1. The van der Waals surface area contributed by atoms with Crippen LogP contribution in [0.2, 0.25) is 0 Å². The Bertz CT molecular complexity index is 835. The monoisotopic (exact) mass is 353 g/mol. The fraction of sp³-hybridized carbons (Fsp3) is 0.381. The van der Waals surface area contributed by atoms with Crippen LogP contribution in [-0.2, 0) is 17.6 Å². The van der Waals surface area contributed by atoms with E-state index < -0.39 is 0 Å². The van der Waals surface area contributed by atoms with Crippen molar-refractivity contribution in [3.05, 3.63) is 53.6 Å². The van der Waals surface area contributed by atoms with Gasteiger partial charge >= 0.3 is 0 Å². The predicted octanol–water partition coefficient (Wildman–Crippen LogP) is 2.94. The average Bonchev–Trinajstić information content (AvgIpc) is 3.06. The maximum absolute atomic E-state index is 12.7. The van der Waals surface area contributed by atoms with Crippen molar-refractivity contribution in [2.45, 2.75) is 31.3 Å². The zero-order valence-electron chi connectivity index (χ0n) is 14.9. The van der Waals surface area contributed by atoms with Crippen molar-refractivity contribution >= 4 is 5.91 Å². The van der Waals surface area contributed by atoms with Crippen LogP contribution >= 0.6 is 0 Å². The molecule has 1 amide bonds. The van der Waals surface area contributed by atoms with Gasteiger partial charge in [-0.2, -0.15) is 0 Å². The van der Waals surface area contributed by atoms with Gasteiger partial charge in [0, 0.05) is 13.0 Å². The van der Waals surface area contributed by atoms with Gasteiger partial charge in [0.05, 0.1) is 20.1 Å². The van der Waals surface area contributed by atoms with Crippen molar-refractivity contribution in [3.63, 3.8) is 0 Å². The summed E-state index contributed by atoms with van der Waals surface area (Å²) in [5.41, 5.74) is 1.83. The van der Waals surface area contributed by atoms with Crippen molar-refractivity contribution < 1.29 is 19.4 Å². The lowest BCUT2D eigenvalue weighted by molar-refractivity contribution is -0.130. The van der Waals surface area contributed by atoms with Gasteiger partial charge in [-0.05, 0) is 42.2 Å². The summed E-state index contributed by atoms with van der Waals surface area (Å²) in [4.78, 5) is 14.6. The molecular formula is C21H23NO4. The first kappa shape index (κ1) is 16.8. The number of hydrogen-bond donors (Lipinski definition) is 1. The van der Waals surface area contributed by atoms with E-state index in [9.17, 15) is 9.90 Å². The summed E-state index contributed by atoms with van der Waals surface area (Å²) < 4.78 is 11.4. The van der Waals surface area contributed by atoms with Crippen LogP contribution in [-0.4, -0.2) is 41.7 Å². The number of phenols is 1. The first-order chi connectivity index (χ1) is 12.6. The second-order valence-electron chi connectivity index (χ2n) is 7.14. The minimum Gasteiger partial charge on any atom is -0.504 e. The van der Waals surface area contributed by atoms with E-state index in [-0.39, 0.29) is 17.3 Å². The van der Waals surface area contributed by atoms with Crippen LogP contribution in [0.4, 0.5) is 0 Å². The van der Waals surface area contributed by atoms with Gasteiger partial charge in [0.15, 0.2) is 11.5 Å². The molecule has 1 N–H and O–H groups in total. The number of likely N-dealkylation sites (tertiary alicyclic amines) is 1. The largest absolute Gasteiger partial charge is 0.504 e. The predicted molar refractivity (Wildman–Crippen MR) is 97.7 cm³/mol. The molecule has 1 atom stereocenters. The molecular weight excluding hydrogens is 330 g/mol. The quantitative estimate of drug-likeness (QED) is 0.922. The molecule has 1 unspecified atom stereocenters. The summed E-state index contributed by atoms with van der Waals surface area (Å²) in [6.45, 7) is 1.35. The summed E-state index contributed by atoms with van der Waals surface area (Å²) in [6, 6.07) is 13.2. The Hall–Kier alpha value is -2.69. The Labute approximate surface area is 153 Å². The summed E-state index contributed by atoms with van der Waals surface area (Å²) in [7, 11) is 1.50. The zero-order valence-corrected chi connectivity index (χ0v) is 14.9. The highest BCUT2D eigenvalue weighted by Crippen LogP contribution is 2.38. The Kier molecular flexibility index (Phi) is 4.23. The number of aromatic hydroxyl groups is 1. The maximum atomic E-state index is 12.7. The minimum absolute atomic E-state index is 0.0806. The van der Waals surface area contributed by atoms with Crippen LogP contribution in [0.1, 0.15) is 24.0 Å². The van der Waals surface area contributed by atoms with Crippen molar-refractivity contribution in [1.29, 1.82) is 0 Å². The van der Waals surface area contributed by atoms with E-state index in [0.29, 0.717) is 18.7 Å². The fourth-order valence-corrected chi connectivity index (χ4v) is 3.92. The van der Waals surface area contributed by atoms with Crippen LogP contribution in [0.15, 0.2) is 42.5 Å². The lowest BCUT2D eigenvalue weighted by atomic mass is 9.90. The standard InChI is InChI=1S/C21H23NO4/c1-25-19-12-15(6-7-17(19)23)13-20(24)22-11-10-21(14-22)9-8-16-4-2-3-5-18(16)26-21/h2-7,12,23H,8-11,13-14H2,1H3. The third-order valence-electron chi connectivity index (χ3n) is 5.42. The first-order valence-electron chi connectivity index (χ1n) is 8.99. The van der Waals surface area contributed by atoms with Crippen LogP contribution in [0.5, 0.6) is 17.2 Å². The van der Waals surface area contributed by atoms with Gasteiger partial charge in [0.25, 0.3) is 0 Å². The molecule has 2 aliphatic rings. The molecule has 1 fully saturated rings. The van der Waals surface area contributed by atoms with Crippen molar-refractivity contribution in [3.8, 4) is 17.2 Å². The summed E-state index contributed by atoms with van der Waals surface area (Å²) in [5, 5.41) is 9.69. The molecule has 26 heavy (non-hydrogen) atoms. The molecule has 1 saturated heterocycles. The van der Waals surface area contributed by atoms with Gasteiger partial charge in [-0.1, -0.05) is 24.3 Å². The smallest absolute Gasteiger partial charge is 0.227 e. The van der Waals surface area contributed by atoms with E-state index in [1.165, 1.54) is 12.7 Å². The highest BCUT2D eigenvalue weighted by molar-refractivity contribution is 5.79. The SMILES string of the molecule is COc1cc(CC(=O)N2CCC3(CCc4ccccc4O3)C2)ccc1O. The topological polar surface area (TPSA) is 59.0 Å². The number of para-hydroxylation sites is 1. The minimum atomic E-state index is -0.253. The van der Waals surface area contributed by atoms with Crippen LogP contribution in [0, 0.1) is 0 Å². The highest BCUT2D eigenvalue weighted by Gasteiger charge is 2.43. The third-order valence-corrected chi connectivity index (χ3v) is 5.42. The summed E-state index contributed by atoms with van der Waals surface area (Å²) in [5.74, 6) is 1.51. The average molecular weight is 353 g/mol. The van der Waals surface area contributed by atoms with Crippen LogP contribution < -0.4 is 9.47 Å². The van der Waals surface area contributed by atoms with Crippen LogP contribution in [0.3, 0.4) is 0 Å². The number of phenolic OH excluding ortho intramolecular Hbond substituents is 1. The molecule has 1 spiro atoms. The lowest BCUT2D eigenvalue weighted by Gasteiger charge is -2.35. The molecule has 4 rings (SSSR count). The molecule has 0 saturated carbocycles. The Morgan fingerprint density at radius 1 is 1.27 bits per heavy atom. The molecule has 0 bridgehead atoms. The number of aryl methyl sites for hydroxylation is 1. The number of benzene rings is 2. The van der Waals surface area contributed by atoms with Crippen molar-refractivity contribution in [2.24, 2.45) is 0 Å². The molecule has 0 radical (unpaired) electrons. The number of ether oxygens (including phenoxy) is 2. The van der Waals surface area contributed by atoms with E-state index in [2.05, 4.69) is 6.07 Å². The number of methoxy groups -OCH3 is 1. The number of fused-ring (bicyclic) bond motifs is 1. The Morgan fingerprint density at radius 3 is 2.96 bits per heavy atom. The van der Waals surface area contributed by atoms with E-state index in [1.807, 2.05) is 23.1 Å². The van der Waals surface area contributed by atoms with Crippen LogP contribution in [0.25, 0.3) is 0 Å². The van der Waals surface area contributed by atoms with E-state index >= 15 is 0 Å². The number of carbonyl (C=O) groups excluding carboxylic acids is 1. The molecule has 2 aromatic rings. The van der Waals surface area contributed by atoms with Gasteiger partial charge in [-0.15, -0.1) is 0 Å². The maximum Gasteiger partial charge on any atom is 0.227 e. The van der Waals surface area contributed by atoms with Crippen molar-refractivity contribution in [1.82, 2.24) is 4.90 Å². The van der Waals surface area contributed by atoms with E-state index in [4.69, 9.17) is 9.47 Å². The summed E-state index contributed by atoms with van der Waals surface area (Å²) >= 11 is 0. The summed E-state index contributed by atoms with van der Waals surface area (Å²) in [6.07, 6.45) is 3.10. The number of hydrogen-bond acceptors (Lipinski definition) is 4. The van der Waals surface area contributed by atoms with Crippen molar-refractivity contribution in [2.75, 3.05) is 20.2 Å². The molecule has 5 nitrogen and oxygen atoms in total. The first-order valence-corrected chi connectivity index (χ1v) is 8.99. The molecule has 2 aromatic carbocycles. The van der Waals surface area contributed by atoms with E-state index in [1.54, 1.807) is 18.2 Å². The molecule has 0 aliphatic carbocycles. The normalized spacial score (nSPS) is 21.3. The molecule has 5 heteroatoms. The molecule has 2 aliphatic heterocycles. The highest BCUT2D eigenvalue weighted by atomic mass is 16.5. The fourth-order valence-electron chi connectivity index (χ4n) is 3.92. The Morgan fingerprint density at radius 2 is 2.12 bits per heavy atom. The lowest BCUT2D eigenvalue weighted by Crippen LogP contribution is -2.43. The molecule has 2 heterocycles. The van der Waals surface area contributed by atoms with Gasteiger partial charge in [-0.3, -0.25) is 4.79 Å². The third kappa shape index (κ3) is 3.09. The van der Waals surface area contributed by atoms with Gasteiger partial charge < -0.3 is 19.5 Å². The second kappa shape index (κ2) is 6.56. The number of carbonyl (C=O) groups is 1. The van der Waals surface area contributed by atoms with Gasteiger partial charge in [-0.25, -0.2) is 0 Å².